The zero-order valence-corrected chi connectivity index (χ0v) is 14.7. The molecule has 0 unspecified atom stereocenters. The lowest BCUT2D eigenvalue weighted by molar-refractivity contribution is 0.0927. The molecule has 0 fully saturated rings. The highest BCUT2D eigenvalue weighted by Crippen LogP contribution is 2.24. The van der Waals surface area contributed by atoms with Gasteiger partial charge in [-0.1, -0.05) is 0 Å². The molecule has 0 spiro atoms. The Morgan fingerprint density at radius 2 is 1.61 bits per heavy atom. The first-order valence-corrected chi connectivity index (χ1v) is 8.42. The fourth-order valence-electron chi connectivity index (χ4n) is 2.49. The summed E-state index contributed by atoms with van der Waals surface area (Å²) in [6, 6.07) is 12.4. The molecular formula is C20H17F2N3O3. The van der Waals surface area contributed by atoms with Crippen molar-refractivity contribution in [3.05, 3.63) is 77.6 Å². The van der Waals surface area contributed by atoms with Gasteiger partial charge in [0, 0.05) is 36.0 Å². The zero-order valence-electron chi connectivity index (χ0n) is 14.7. The van der Waals surface area contributed by atoms with Gasteiger partial charge in [-0.15, -0.1) is 0 Å². The summed E-state index contributed by atoms with van der Waals surface area (Å²) >= 11 is 0. The molecule has 6 nitrogen and oxygen atoms in total. The van der Waals surface area contributed by atoms with Gasteiger partial charge in [0.25, 0.3) is 11.8 Å². The molecule has 144 valence electrons. The minimum atomic E-state index is -0.829. The van der Waals surface area contributed by atoms with E-state index < -0.39 is 17.5 Å². The second kappa shape index (κ2) is 8.45. The minimum absolute atomic E-state index is 0.124. The smallest absolute Gasteiger partial charge is 0.287 e. The monoisotopic (exact) mass is 385 g/mol. The van der Waals surface area contributed by atoms with Gasteiger partial charge >= 0.3 is 0 Å². The molecule has 2 amide bonds. The van der Waals surface area contributed by atoms with E-state index in [0.717, 1.165) is 12.1 Å². The predicted molar refractivity (Wildman–Crippen MR) is 99.8 cm³/mol. The largest absolute Gasteiger partial charge is 0.451 e. The molecule has 3 rings (SSSR count). The van der Waals surface area contributed by atoms with Crippen molar-refractivity contribution in [3.8, 4) is 11.3 Å². The number of amides is 2. The van der Waals surface area contributed by atoms with Crippen molar-refractivity contribution in [2.24, 2.45) is 5.73 Å². The van der Waals surface area contributed by atoms with E-state index in [1.54, 1.807) is 36.4 Å². The highest BCUT2D eigenvalue weighted by Gasteiger charge is 2.13. The number of carbonyl (C=O) groups excluding carboxylic acids is 2. The van der Waals surface area contributed by atoms with Crippen LogP contribution < -0.4 is 16.4 Å². The molecule has 1 aromatic heterocycles. The minimum Gasteiger partial charge on any atom is -0.451 e. The van der Waals surface area contributed by atoms with Crippen LogP contribution in [0.25, 0.3) is 11.3 Å². The fourth-order valence-corrected chi connectivity index (χ4v) is 2.49. The normalized spacial score (nSPS) is 10.5. The Morgan fingerprint density at radius 3 is 2.25 bits per heavy atom. The second-order valence-electron chi connectivity index (χ2n) is 5.90. The van der Waals surface area contributed by atoms with Crippen molar-refractivity contribution >= 4 is 17.5 Å². The van der Waals surface area contributed by atoms with E-state index in [1.807, 2.05) is 0 Å². The van der Waals surface area contributed by atoms with Gasteiger partial charge in [0.15, 0.2) is 5.76 Å². The summed E-state index contributed by atoms with van der Waals surface area (Å²) in [5.41, 5.74) is 6.34. The Kier molecular flexibility index (Phi) is 5.81. The first-order chi connectivity index (χ1) is 13.5. The second-order valence-corrected chi connectivity index (χ2v) is 5.90. The number of nitrogens with two attached hydrogens (primary N) is 1. The van der Waals surface area contributed by atoms with Crippen molar-refractivity contribution in [1.29, 1.82) is 0 Å². The third-order valence-corrected chi connectivity index (χ3v) is 3.81. The molecule has 0 radical (unpaired) electrons. The number of hydrogen-bond acceptors (Lipinski definition) is 4. The average molecular weight is 385 g/mol. The third kappa shape index (κ3) is 4.60. The third-order valence-electron chi connectivity index (χ3n) is 3.81. The van der Waals surface area contributed by atoms with Crippen LogP contribution >= 0.6 is 0 Å². The van der Waals surface area contributed by atoms with E-state index >= 15 is 0 Å². The molecule has 0 aliphatic carbocycles. The number of nitrogens with one attached hydrogen (secondary N) is 2. The van der Waals surface area contributed by atoms with Gasteiger partial charge < -0.3 is 20.8 Å². The van der Waals surface area contributed by atoms with Gasteiger partial charge in [-0.25, -0.2) is 8.78 Å². The molecule has 28 heavy (non-hydrogen) atoms. The maximum atomic E-state index is 13.2. The maximum absolute atomic E-state index is 13.2. The van der Waals surface area contributed by atoms with Gasteiger partial charge in [0.1, 0.15) is 17.4 Å². The van der Waals surface area contributed by atoms with E-state index in [4.69, 9.17) is 10.2 Å². The van der Waals surface area contributed by atoms with Gasteiger partial charge in [-0.2, -0.15) is 0 Å². The first-order valence-electron chi connectivity index (χ1n) is 8.42. The van der Waals surface area contributed by atoms with Crippen LogP contribution in [0.15, 0.2) is 59.0 Å². The molecule has 0 atom stereocenters. The topological polar surface area (TPSA) is 97.4 Å². The highest BCUT2D eigenvalue weighted by atomic mass is 19.1. The van der Waals surface area contributed by atoms with Crippen molar-refractivity contribution in [3.63, 3.8) is 0 Å². The summed E-state index contributed by atoms with van der Waals surface area (Å²) in [6.45, 7) is 0.674. The standard InChI is InChI=1S/C20H17F2N3O3/c21-14-9-13(10-15(22)11-14)19(26)25-16-3-1-12(2-4-16)17-5-6-18(28-17)20(27)24-8-7-23/h1-6,9-11H,7-8,23H2,(H,24,27)(H,25,26). The molecule has 4 N–H and O–H groups in total. The number of furan rings is 1. The fraction of sp³-hybridized carbons (Fsp3) is 0.100. The highest BCUT2D eigenvalue weighted by molar-refractivity contribution is 6.04. The van der Waals surface area contributed by atoms with Crippen molar-refractivity contribution in [1.82, 2.24) is 5.32 Å². The summed E-state index contributed by atoms with van der Waals surface area (Å²) in [6.07, 6.45) is 0. The SMILES string of the molecule is NCCNC(=O)c1ccc(-c2ccc(NC(=O)c3cc(F)cc(F)c3)cc2)o1. The molecule has 0 bridgehead atoms. The van der Waals surface area contributed by atoms with Crippen LogP contribution in [0.2, 0.25) is 0 Å². The number of hydrogen-bond donors (Lipinski definition) is 3. The number of halogens is 2. The van der Waals surface area contributed by atoms with E-state index in [-0.39, 0.29) is 17.2 Å². The Bertz CT molecular complexity index is 980. The van der Waals surface area contributed by atoms with Crippen LogP contribution in [0.1, 0.15) is 20.9 Å². The van der Waals surface area contributed by atoms with Crippen molar-refractivity contribution in [2.45, 2.75) is 0 Å². The summed E-state index contributed by atoms with van der Waals surface area (Å²) in [5.74, 6) is -2.02. The molecule has 0 aliphatic rings. The molecular weight excluding hydrogens is 368 g/mol. The summed E-state index contributed by atoms with van der Waals surface area (Å²) in [7, 11) is 0. The van der Waals surface area contributed by atoms with Gasteiger partial charge in [0.05, 0.1) is 0 Å². The Hall–Kier alpha value is -3.52. The van der Waals surface area contributed by atoms with E-state index in [1.165, 1.54) is 0 Å². The summed E-state index contributed by atoms with van der Waals surface area (Å²) in [4.78, 5) is 24.0. The molecule has 1 heterocycles. The quantitative estimate of drug-likeness (QED) is 0.607. The van der Waals surface area contributed by atoms with Crippen molar-refractivity contribution < 1.29 is 22.8 Å². The lowest BCUT2D eigenvalue weighted by atomic mass is 10.1. The molecule has 8 heteroatoms. The van der Waals surface area contributed by atoms with Crippen molar-refractivity contribution in [2.75, 3.05) is 18.4 Å². The number of benzene rings is 2. The molecule has 0 saturated heterocycles. The first kappa shape index (κ1) is 19.2. The Morgan fingerprint density at radius 1 is 0.929 bits per heavy atom. The zero-order chi connectivity index (χ0) is 20.1. The average Bonchev–Trinajstić information content (AvgIpc) is 3.16. The maximum Gasteiger partial charge on any atom is 0.287 e. The van der Waals surface area contributed by atoms with Crippen LogP contribution in [0.4, 0.5) is 14.5 Å². The van der Waals surface area contributed by atoms with Gasteiger partial charge in [0.2, 0.25) is 0 Å². The van der Waals surface area contributed by atoms with Gasteiger partial charge in [-0.3, -0.25) is 9.59 Å². The van der Waals surface area contributed by atoms with Crippen LogP contribution in [0, 0.1) is 11.6 Å². The Labute approximate surface area is 159 Å². The van der Waals surface area contributed by atoms with Crippen LogP contribution in [0.3, 0.4) is 0 Å². The number of rotatable bonds is 6. The molecule has 0 saturated carbocycles. The number of carbonyl (C=O) groups is 2. The molecule has 2 aromatic carbocycles. The van der Waals surface area contributed by atoms with E-state index in [0.29, 0.717) is 36.2 Å². The van der Waals surface area contributed by atoms with E-state index in [9.17, 15) is 18.4 Å². The lowest BCUT2D eigenvalue weighted by Crippen LogP contribution is -2.28. The van der Waals surface area contributed by atoms with Crippen LogP contribution in [0.5, 0.6) is 0 Å². The summed E-state index contributed by atoms with van der Waals surface area (Å²) in [5, 5.41) is 5.17. The predicted octanol–water partition coefficient (Wildman–Crippen LogP) is 3.17. The molecule has 0 aliphatic heterocycles. The number of anilines is 1. The molecule has 3 aromatic rings. The Balaban J connectivity index is 1.69. The summed E-state index contributed by atoms with van der Waals surface area (Å²) < 4.78 is 32.0. The van der Waals surface area contributed by atoms with Crippen LogP contribution in [-0.4, -0.2) is 24.9 Å². The van der Waals surface area contributed by atoms with Crippen LogP contribution in [-0.2, 0) is 0 Å². The lowest BCUT2D eigenvalue weighted by Gasteiger charge is -2.06. The van der Waals surface area contributed by atoms with Gasteiger partial charge in [-0.05, 0) is 48.5 Å². The van der Waals surface area contributed by atoms with E-state index in [2.05, 4.69) is 10.6 Å².